The van der Waals surface area contributed by atoms with Crippen LogP contribution in [-0.2, 0) is 0 Å². The van der Waals surface area contributed by atoms with Crippen molar-refractivity contribution in [3.05, 3.63) is 77.4 Å². The van der Waals surface area contributed by atoms with E-state index in [1.165, 1.54) is 33.6 Å². The maximum atomic E-state index is 12.7. The van der Waals surface area contributed by atoms with Gasteiger partial charge in [-0.3, -0.25) is 9.59 Å². The van der Waals surface area contributed by atoms with E-state index in [0.717, 1.165) is 0 Å². The molecule has 3 aromatic rings. The number of phenols is 1. The van der Waals surface area contributed by atoms with Gasteiger partial charge < -0.3 is 24.6 Å². The van der Waals surface area contributed by atoms with Crippen molar-refractivity contribution in [1.29, 1.82) is 0 Å². The number of methoxy groups -OCH3 is 3. The number of carbonyl (C=O) groups excluding carboxylic acids is 2. The molecular formula is C24H23N3O6. The standard InChI is InChI=1S/C24H23N3O6/c1-31-20-12-17(13-21(32-2)22(20)33-3)23(29)26-18-10-8-15(9-11-18)24(30)27-25-14-16-6-4-5-7-19(16)28/h4-14,28H,1-3H3,(H,26,29)(H,27,30)/b25-14-. The van der Waals surface area contributed by atoms with Crippen LogP contribution in [0.4, 0.5) is 5.69 Å². The lowest BCUT2D eigenvalue weighted by Gasteiger charge is -2.14. The zero-order valence-electron chi connectivity index (χ0n) is 18.3. The van der Waals surface area contributed by atoms with Gasteiger partial charge in [0.2, 0.25) is 5.75 Å². The Hall–Kier alpha value is -4.53. The van der Waals surface area contributed by atoms with E-state index < -0.39 is 11.8 Å². The smallest absolute Gasteiger partial charge is 0.271 e. The summed E-state index contributed by atoms with van der Waals surface area (Å²) in [6, 6.07) is 16.0. The number of hydrazone groups is 1. The highest BCUT2D eigenvalue weighted by molar-refractivity contribution is 6.05. The second kappa shape index (κ2) is 10.7. The molecule has 0 atom stereocenters. The summed E-state index contributed by atoms with van der Waals surface area (Å²) in [6.45, 7) is 0. The second-order valence-electron chi connectivity index (χ2n) is 6.70. The van der Waals surface area contributed by atoms with Gasteiger partial charge in [-0.15, -0.1) is 0 Å². The number of nitrogens with one attached hydrogen (secondary N) is 2. The minimum atomic E-state index is -0.441. The van der Waals surface area contributed by atoms with Crippen LogP contribution in [-0.4, -0.2) is 44.5 Å². The summed E-state index contributed by atoms with van der Waals surface area (Å²) in [5.41, 5.74) is 4.01. The molecule has 0 bridgehead atoms. The maximum absolute atomic E-state index is 12.7. The summed E-state index contributed by atoms with van der Waals surface area (Å²) in [5, 5.41) is 16.3. The number of anilines is 1. The first-order valence-electron chi connectivity index (χ1n) is 9.79. The molecule has 9 nitrogen and oxygen atoms in total. The van der Waals surface area contributed by atoms with E-state index in [-0.39, 0.29) is 5.75 Å². The molecule has 0 aliphatic rings. The number of benzene rings is 3. The van der Waals surface area contributed by atoms with E-state index >= 15 is 0 Å². The van der Waals surface area contributed by atoms with Crippen LogP contribution in [0.1, 0.15) is 26.3 Å². The molecule has 0 unspecified atom stereocenters. The van der Waals surface area contributed by atoms with Crippen LogP contribution in [0.5, 0.6) is 23.0 Å². The number of amides is 2. The number of rotatable bonds is 8. The SMILES string of the molecule is COc1cc(C(=O)Nc2ccc(C(=O)N/N=C\c3ccccc3O)cc2)cc(OC)c1OC. The number of aromatic hydroxyl groups is 1. The van der Waals surface area contributed by atoms with E-state index in [1.807, 2.05) is 0 Å². The van der Waals surface area contributed by atoms with Gasteiger partial charge in [0, 0.05) is 22.4 Å². The molecule has 0 aliphatic heterocycles. The summed E-state index contributed by atoms with van der Waals surface area (Å²) in [7, 11) is 4.42. The van der Waals surface area contributed by atoms with Gasteiger partial charge in [-0.05, 0) is 48.5 Å². The summed E-state index contributed by atoms with van der Waals surface area (Å²) in [5.74, 6) is 0.333. The summed E-state index contributed by atoms with van der Waals surface area (Å²) >= 11 is 0. The largest absolute Gasteiger partial charge is 0.507 e. The number of para-hydroxylation sites is 1. The lowest BCUT2D eigenvalue weighted by Crippen LogP contribution is -2.18. The van der Waals surface area contributed by atoms with Gasteiger partial charge in [-0.2, -0.15) is 5.10 Å². The van der Waals surface area contributed by atoms with Crippen molar-refractivity contribution < 1.29 is 28.9 Å². The molecule has 0 radical (unpaired) electrons. The molecule has 0 saturated carbocycles. The van der Waals surface area contributed by atoms with Gasteiger partial charge >= 0.3 is 0 Å². The second-order valence-corrected chi connectivity index (χ2v) is 6.70. The predicted molar refractivity (Wildman–Crippen MR) is 124 cm³/mol. The van der Waals surface area contributed by atoms with Crippen LogP contribution in [0.2, 0.25) is 0 Å². The van der Waals surface area contributed by atoms with E-state index in [4.69, 9.17) is 14.2 Å². The van der Waals surface area contributed by atoms with E-state index in [1.54, 1.807) is 54.6 Å². The molecule has 3 N–H and O–H groups in total. The zero-order valence-corrected chi connectivity index (χ0v) is 18.3. The van der Waals surface area contributed by atoms with Crippen LogP contribution in [0, 0.1) is 0 Å². The van der Waals surface area contributed by atoms with Gasteiger partial charge in [-0.25, -0.2) is 5.43 Å². The van der Waals surface area contributed by atoms with Crippen molar-refractivity contribution in [1.82, 2.24) is 5.43 Å². The molecule has 0 aromatic heterocycles. The van der Waals surface area contributed by atoms with Gasteiger partial charge in [0.05, 0.1) is 27.5 Å². The number of carbonyl (C=O) groups is 2. The molecule has 170 valence electrons. The minimum Gasteiger partial charge on any atom is -0.507 e. The Balaban J connectivity index is 1.66. The van der Waals surface area contributed by atoms with Gasteiger partial charge in [-0.1, -0.05) is 12.1 Å². The first kappa shape index (κ1) is 23.1. The van der Waals surface area contributed by atoms with Crippen molar-refractivity contribution in [2.75, 3.05) is 26.6 Å². The molecule has 0 spiro atoms. The molecule has 0 fully saturated rings. The average molecular weight is 449 g/mol. The van der Waals surface area contributed by atoms with Crippen molar-refractivity contribution in [2.24, 2.45) is 5.10 Å². The minimum absolute atomic E-state index is 0.0580. The Bertz CT molecular complexity index is 1150. The third-order valence-electron chi connectivity index (χ3n) is 4.64. The Morgan fingerprint density at radius 3 is 2.06 bits per heavy atom. The summed E-state index contributed by atoms with van der Waals surface area (Å²) in [6.07, 6.45) is 1.35. The Labute approximate surface area is 190 Å². The van der Waals surface area contributed by atoms with Crippen LogP contribution < -0.4 is 25.0 Å². The highest BCUT2D eigenvalue weighted by Crippen LogP contribution is 2.38. The Morgan fingerprint density at radius 2 is 1.48 bits per heavy atom. The molecule has 0 saturated heterocycles. The molecule has 2 amide bonds. The highest BCUT2D eigenvalue weighted by atomic mass is 16.5. The van der Waals surface area contributed by atoms with Gasteiger partial charge in [0.25, 0.3) is 11.8 Å². The van der Waals surface area contributed by atoms with Gasteiger partial charge in [0.1, 0.15) is 5.75 Å². The number of hydrogen-bond acceptors (Lipinski definition) is 7. The highest BCUT2D eigenvalue weighted by Gasteiger charge is 2.17. The first-order chi connectivity index (χ1) is 16.0. The number of ether oxygens (including phenoxy) is 3. The van der Waals surface area contributed by atoms with Crippen molar-refractivity contribution in [3.63, 3.8) is 0 Å². The fourth-order valence-corrected chi connectivity index (χ4v) is 2.94. The Kier molecular flexibility index (Phi) is 7.48. The van der Waals surface area contributed by atoms with Crippen LogP contribution in [0.25, 0.3) is 0 Å². The maximum Gasteiger partial charge on any atom is 0.271 e. The number of nitrogens with zero attached hydrogens (tertiary/aromatic N) is 1. The van der Waals surface area contributed by atoms with Gasteiger partial charge in [0.15, 0.2) is 11.5 Å². The molecule has 0 aliphatic carbocycles. The molecule has 33 heavy (non-hydrogen) atoms. The lowest BCUT2D eigenvalue weighted by molar-refractivity contribution is 0.0954. The first-order valence-corrected chi connectivity index (χ1v) is 9.79. The van der Waals surface area contributed by atoms with Crippen LogP contribution in [0.3, 0.4) is 0 Å². The fraction of sp³-hybridized carbons (Fsp3) is 0.125. The number of hydrogen-bond donors (Lipinski definition) is 3. The molecular weight excluding hydrogens is 426 g/mol. The molecule has 3 rings (SSSR count). The fourth-order valence-electron chi connectivity index (χ4n) is 2.94. The van der Waals surface area contributed by atoms with E-state index in [2.05, 4.69) is 15.8 Å². The topological polar surface area (TPSA) is 118 Å². The average Bonchev–Trinajstić information content (AvgIpc) is 2.84. The van der Waals surface area contributed by atoms with Crippen molar-refractivity contribution in [3.8, 4) is 23.0 Å². The third kappa shape index (κ3) is 5.59. The lowest BCUT2D eigenvalue weighted by atomic mass is 10.1. The summed E-state index contributed by atoms with van der Waals surface area (Å²) < 4.78 is 15.8. The monoisotopic (exact) mass is 449 g/mol. The zero-order chi connectivity index (χ0) is 23.8. The van der Waals surface area contributed by atoms with Crippen LogP contribution >= 0.6 is 0 Å². The normalized spacial score (nSPS) is 10.5. The molecule has 0 heterocycles. The molecule has 3 aromatic carbocycles. The summed E-state index contributed by atoms with van der Waals surface area (Å²) in [4.78, 5) is 25.0. The van der Waals surface area contributed by atoms with Crippen molar-refractivity contribution in [2.45, 2.75) is 0 Å². The van der Waals surface area contributed by atoms with E-state index in [9.17, 15) is 14.7 Å². The van der Waals surface area contributed by atoms with Crippen LogP contribution in [0.15, 0.2) is 65.8 Å². The quantitative estimate of drug-likeness (QED) is 0.358. The van der Waals surface area contributed by atoms with Crippen molar-refractivity contribution >= 4 is 23.7 Å². The Morgan fingerprint density at radius 1 is 0.848 bits per heavy atom. The molecule has 9 heteroatoms. The predicted octanol–water partition coefficient (Wildman–Crippen LogP) is 3.43. The van der Waals surface area contributed by atoms with E-state index in [0.29, 0.717) is 39.6 Å². The number of phenolic OH excluding ortho intramolecular Hbond substituents is 1. The third-order valence-corrected chi connectivity index (χ3v) is 4.64.